The van der Waals surface area contributed by atoms with Gasteiger partial charge in [-0.3, -0.25) is 5.10 Å². The van der Waals surface area contributed by atoms with E-state index < -0.39 is 11.6 Å². The van der Waals surface area contributed by atoms with Crippen molar-refractivity contribution in [2.45, 2.75) is 6.54 Å². The zero-order valence-corrected chi connectivity index (χ0v) is 14.3. The molecule has 0 atom stereocenters. The molecule has 8 heteroatoms. The smallest absolute Gasteiger partial charge is 0.153 e. The molecule has 0 fully saturated rings. The van der Waals surface area contributed by atoms with E-state index >= 15 is 0 Å². The number of H-pyrrole nitrogens is 1. The number of benzene rings is 2. The molecular formula is C19H17F2N5O. The minimum atomic E-state index is -0.627. The summed E-state index contributed by atoms with van der Waals surface area (Å²) in [5, 5.41) is 22.5. The topological polar surface area (TPSA) is 67.8 Å². The Balaban J connectivity index is 1.51. The predicted octanol–water partition coefficient (Wildman–Crippen LogP) is 2.94. The van der Waals surface area contributed by atoms with Crippen molar-refractivity contribution in [3.05, 3.63) is 72.1 Å². The van der Waals surface area contributed by atoms with E-state index in [0.717, 1.165) is 22.9 Å². The number of nitrogens with zero attached hydrogens (tertiary/aromatic N) is 4. The van der Waals surface area contributed by atoms with Gasteiger partial charge in [0.1, 0.15) is 24.9 Å². The summed E-state index contributed by atoms with van der Waals surface area (Å²) in [5.41, 5.74) is 3.33. The summed E-state index contributed by atoms with van der Waals surface area (Å²) < 4.78 is 26.8. The van der Waals surface area contributed by atoms with E-state index in [4.69, 9.17) is 0 Å². The maximum Gasteiger partial charge on any atom is 0.153 e. The van der Waals surface area contributed by atoms with Crippen molar-refractivity contribution in [2.75, 3.05) is 18.3 Å². The molecule has 0 bridgehead atoms. The van der Waals surface area contributed by atoms with Crippen LogP contribution < -0.4 is 5.01 Å². The zero-order valence-electron chi connectivity index (χ0n) is 14.3. The molecular weight excluding hydrogens is 352 g/mol. The SMILES string of the molecule is OCC1=NN(c2ccc(-c3cn[nH]c3)cc2)CN1Cc1cc(F)cc(F)c1. The van der Waals surface area contributed by atoms with E-state index in [2.05, 4.69) is 15.3 Å². The van der Waals surface area contributed by atoms with Crippen molar-refractivity contribution in [1.82, 2.24) is 15.1 Å². The largest absolute Gasteiger partial charge is 0.388 e. The van der Waals surface area contributed by atoms with Crippen LogP contribution in [0.2, 0.25) is 0 Å². The number of nitrogens with one attached hydrogen (secondary N) is 1. The van der Waals surface area contributed by atoms with E-state index in [-0.39, 0.29) is 13.2 Å². The average Bonchev–Trinajstić information content (AvgIpc) is 3.31. The van der Waals surface area contributed by atoms with Gasteiger partial charge in [0.25, 0.3) is 0 Å². The molecule has 138 valence electrons. The standard InChI is InChI=1S/C19H17F2N5O/c20-16-5-13(6-17(21)7-16)10-25-12-26(24-19(25)11-27)18-3-1-14(2-4-18)15-8-22-23-9-15/h1-9,27H,10-12H2,(H,22,23). The second kappa shape index (κ2) is 7.16. The summed E-state index contributed by atoms with van der Waals surface area (Å²) in [6.45, 7) is 0.359. The molecule has 0 unspecified atom stereocenters. The van der Waals surface area contributed by atoms with Gasteiger partial charge in [0.15, 0.2) is 5.84 Å². The van der Waals surface area contributed by atoms with E-state index in [1.807, 2.05) is 30.5 Å². The van der Waals surface area contributed by atoms with Crippen LogP contribution in [-0.4, -0.2) is 39.3 Å². The van der Waals surface area contributed by atoms with Crippen LogP contribution in [0.3, 0.4) is 0 Å². The minimum absolute atomic E-state index is 0.248. The highest BCUT2D eigenvalue weighted by atomic mass is 19.1. The molecule has 0 radical (unpaired) electrons. The van der Waals surface area contributed by atoms with E-state index in [9.17, 15) is 13.9 Å². The number of anilines is 1. The van der Waals surface area contributed by atoms with Gasteiger partial charge in [0.05, 0.1) is 11.9 Å². The maximum absolute atomic E-state index is 13.4. The molecule has 1 aliphatic heterocycles. The molecule has 3 aromatic rings. The lowest BCUT2D eigenvalue weighted by Gasteiger charge is -2.21. The molecule has 27 heavy (non-hydrogen) atoms. The molecule has 1 aromatic heterocycles. The molecule has 2 heterocycles. The summed E-state index contributed by atoms with van der Waals surface area (Å²) >= 11 is 0. The number of hydrogen-bond donors (Lipinski definition) is 2. The summed E-state index contributed by atoms with van der Waals surface area (Å²) in [6.07, 6.45) is 3.56. The zero-order chi connectivity index (χ0) is 18.8. The summed E-state index contributed by atoms with van der Waals surface area (Å²) in [6, 6.07) is 11.2. The van der Waals surface area contributed by atoms with Gasteiger partial charge in [-0.05, 0) is 35.4 Å². The highest BCUT2D eigenvalue weighted by Crippen LogP contribution is 2.25. The summed E-state index contributed by atoms with van der Waals surface area (Å²) in [7, 11) is 0. The molecule has 0 spiro atoms. The first-order valence-electron chi connectivity index (χ1n) is 8.37. The van der Waals surface area contributed by atoms with E-state index in [0.29, 0.717) is 18.1 Å². The van der Waals surface area contributed by atoms with Crippen molar-refractivity contribution in [2.24, 2.45) is 5.10 Å². The molecule has 1 aliphatic rings. The van der Waals surface area contributed by atoms with Crippen LogP contribution in [0.5, 0.6) is 0 Å². The van der Waals surface area contributed by atoms with Crippen molar-refractivity contribution >= 4 is 11.5 Å². The molecule has 4 rings (SSSR count). The Morgan fingerprint density at radius 2 is 1.78 bits per heavy atom. The second-order valence-electron chi connectivity index (χ2n) is 6.22. The van der Waals surface area contributed by atoms with Gasteiger partial charge in [-0.25, -0.2) is 13.8 Å². The predicted molar refractivity (Wildman–Crippen MR) is 97.8 cm³/mol. The number of aliphatic hydroxyl groups excluding tert-OH is 1. The first-order valence-corrected chi connectivity index (χ1v) is 8.37. The van der Waals surface area contributed by atoms with Crippen molar-refractivity contribution in [1.29, 1.82) is 0 Å². The molecule has 0 aliphatic carbocycles. The minimum Gasteiger partial charge on any atom is -0.388 e. The van der Waals surface area contributed by atoms with Crippen LogP contribution in [0.15, 0.2) is 60.0 Å². The number of rotatable bonds is 5. The van der Waals surface area contributed by atoms with Gasteiger partial charge >= 0.3 is 0 Å². The second-order valence-corrected chi connectivity index (χ2v) is 6.22. The molecule has 6 nitrogen and oxygen atoms in total. The number of halogens is 2. The van der Waals surface area contributed by atoms with Crippen LogP contribution >= 0.6 is 0 Å². The number of aromatic amines is 1. The number of amidine groups is 1. The number of aromatic nitrogens is 2. The Morgan fingerprint density at radius 3 is 2.41 bits per heavy atom. The Morgan fingerprint density at radius 1 is 1.04 bits per heavy atom. The third-order valence-corrected chi connectivity index (χ3v) is 4.34. The monoisotopic (exact) mass is 369 g/mol. The van der Waals surface area contributed by atoms with Crippen LogP contribution in [-0.2, 0) is 6.54 Å². The fourth-order valence-corrected chi connectivity index (χ4v) is 3.05. The molecule has 0 saturated carbocycles. The summed E-state index contributed by atoms with van der Waals surface area (Å²) in [5.74, 6) is -0.810. The highest BCUT2D eigenvalue weighted by molar-refractivity contribution is 5.86. The van der Waals surface area contributed by atoms with Gasteiger partial charge in [-0.2, -0.15) is 10.2 Å². The van der Waals surface area contributed by atoms with Crippen LogP contribution in [0.4, 0.5) is 14.5 Å². The quantitative estimate of drug-likeness (QED) is 0.726. The lowest BCUT2D eigenvalue weighted by atomic mass is 10.1. The number of aliphatic hydroxyl groups is 1. The number of hydrazone groups is 1. The average molecular weight is 369 g/mol. The Bertz CT molecular complexity index is 936. The van der Waals surface area contributed by atoms with Crippen molar-refractivity contribution < 1.29 is 13.9 Å². The lowest BCUT2D eigenvalue weighted by molar-refractivity contribution is 0.327. The van der Waals surface area contributed by atoms with E-state index in [1.54, 1.807) is 16.1 Å². The third-order valence-electron chi connectivity index (χ3n) is 4.34. The van der Waals surface area contributed by atoms with Crippen molar-refractivity contribution in [3.63, 3.8) is 0 Å². The normalized spacial score (nSPS) is 14.0. The first-order chi connectivity index (χ1) is 13.1. The van der Waals surface area contributed by atoms with Crippen LogP contribution in [0.1, 0.15) is 5.56 Å². The first kappa shape index (κ1) is 17.2. The molecule has 2 N–H and O–H groups in total. The Kier molecular flexibility index (Phi) is 4.55. The maximum atomic E-state index is 13.4. The van der Waals surface area contributed by atoms with Crippen molar-refractivity contribution in [3.8, 4) is 11.1 Å². The highest BCUT2D eigenvalue weighted by Gasteiger charge is 2.24. The van der Waals surface area contributed by atoms with Gasteiger partial charge in [-0.15, -0.1) is 0 Å². The van der Waals surface area contributed by atoms with Gasteiger partial charge < -0.3 is 10.0 Å². The van der Waals surface area contributed by atoms with E-state index in [1.165, 1.54) is 12.1 Å². The Hall–Kier alpha value is -3.26. The van der Waals surface area contributed by atoms with Gasteiger partial charge in [0, 0.05) is 24.4 Å². The fourth-order valence-electron chi connectivity index (χ4n) is 3.05. The molecule has 2 aromatic carbocycles. The van der Waals surface area contributed by atoms with Gasteiger partial charge in [0.2, 0.25) is 0 Å². The fraction of sp³-hybridized carbons (Fsp3) is 0.158. The lowest BCUT2D eigenvalue weighted by Crippen LogP contribution is -2.32. The molecule has 0 amide bonds. The molecule has 0 saturated heterocycles. The van der Waals surface area contributed by atoms with Crippen LogP contribution in [0, 0.1) is 11.6 Å². The Labute approximate surface area is 154 Å². The van der Waals surface area contributed by atoms with Crippen LogP contribution in [0.25, 0.3) is 11.1 Å². The van der Waals surface area contributed by atoms with Gasteiger partial charge in [-0.1, -0.05) is 12.1 Å². The number of hydrogen-bond acceptors (Lipinski definition) is 5. The third kappa shape index (κ3) is 3.65. The summed E-state index contributed by atoms with van der Waals surface area (Å²) in [4.78, 5) is 1.78.